The molecule has 0 saturated heterocycles. The van der Waals surface area contributed by atoms with Crippen LogP contribution < -0.4 is 4.68 Å². The minimum atomic E-state index is 0.498. The van der Waals surface area contributed by atoms with Crippen molar-refractivity contribution in [3.05, 3.63) is 30.5 Å². The first-order valence-electron chi connectivity index (χ1n) is 4.26. The third kappa shape index (κ3) is 1.09. The van der Waals surface area contributed by atoms with Crippen LogP contribution in [-0.4, -0.2) is 5.10 Å². The molecule has 2 rings (SSSR count). The molecule has 0 radical (unpaired) electrons. The number of nitrogens with zero attached hydrogens (tertiary/aromatic N) is 1. The molecule has 1 heterocycles. The minimum absolute atomic E-state index is 0.498. The fourth-order valence-electron chi connectivity index (χ4n) is 1.31. The highest BCUT2D eigenvalue weighted by Crippen LogP contribution is 2.08. The third-order valence-corrected chi connectivity index (χ3v) is 2.04. The van der Waals surface area contributed by atoms with Crippen molar-refractivity contribution in [1.29, 1.82) is 0 Å². The molecule has 0 unspecified atom stereocenters. The summed E-state index contributed by atoms with van der Waals surface area (Å²) in [6.45, 7) is 4.32. The van der Waals surface area contributed by atoms with E-state index in [-0.39, 0.29) is 0 Å². The second-order valence-electron chi connectivity index (χ2n) is 3.33. The molecule has 0 aliphatic heterocycles. The normalized spacial score (nSPS) is 11.2. The number of aromatic amines is 1. The molecular weight excluding hydrogens is 148 g/mol. The Bertz CT molecular complexity index is 354. The van der Waals surface area contributed by atoms with Gasteiger partial charge in [-0.3, -0.25) is 0 Å². The van der Waals surface area contributed by atoms with Gasteiger partial charge in [-0.15, -0.1) is 4.68 Å². The summed E-state index contributed by atoms with van der Waals surface area (Å²) in [7, 11) is 0. The minimum Gasteiger partial charge on any atom is -0.165 e. The number of para-hydroxylation sites is 1. The summed E-state index contributed by atoms with van der Waals surface area (Å²) in [5.74, 6) is 0. The van der Waals surface area contributed by atoms with Crippen LogP contribution in [0.3, 0.4) is 0 Å². The zero-order valence-corrected chi connectivity index (χ0v) is 7.41. The van der Waals surface area contributed by atoms with E-state index in [0.717, 1.165) is 0 Å². The zero-order chi connectivity index (χ0) is 8.55. The summed E-state index contributed by atoms with van der Waals surface area (Å²) >= 11 is 0. The number of benzene rings is 1. The maximum Gasteiger partial charge on any atom is 0.203 e. The van der Waals surface area contributed by atoms with Gasteiger partial charge in [-0.25, -0.2) is 0 Å². The molecule has 1 N–H and O–H groups in total. The van der Waals surface area contributed by atoms with Crippen molar-refractivity contribution >= 4 is 10.9 Å². The average Bonchev–Trinajstić information content (AvgIpc) is 2.46. The number of hydrogen-bond donors (Lipinski definition) is 1. The van der Waals surface area contributed by atoms with Crippen molar-refractivity contribution < 1.29 is 4.68 Å². The number of aromatic nitrogens is 2. The van der Waals surface area contributed by atoms with Crippen molar-refractivity contribution in [3.8, 4) is 0 Å². The second-order valence-corrected chi connectivity index (χ2v) is 3.33. The molecule has 0 spiro atoms. The quantitative estimate of drug-likeness (QED) is 0.617. The van der Waals surface area contributed by atoms with E-state index in [1.807, 2.05) is 6.07 Å². The molecule has 62 valence electrons. The molecule has 2 heteroatoms. The smallest absolute Gasteiger partial charge is 0.165 e. The van der Waals surface area contributed by atoms with Crippen LogP contribution in [0, 0.1) is 0 Å². The van der Waals surface area contributed by atoms with Crippen molar-refractivity contribution in [2.75, 3.05) is 0 Å². The molecule has 0 aliphatic carbocycles. The van der Waals surface area contributed by atoms with Crippen LogP contribution in [0.15, 0.2) is 30.5 Å². The van der Waals surface area contributed by atoms with Gasteiger partial charge in [0, 0.05) is 0 Å². The number of nitrogens with one attached hydrogen (secondary N) is 1. The largest absolute Gasteiger partial charge is 0.203 e. The van der Waals surface area contributed by atoms with Crippen LogP contribution in [0.4, 0.5) is 0 Å². The SMILES string of the molecule is CC(C)[n+]1cc2ccccc2[nH]1. The van der Waals surface area contributed by atoms with Crippen LogP contribution in [0.5, 0.6) is 0 Å². The van der Waals surface area contributed by atoms with Gasteiger partial charge in [-0.2, -0.15) is 5.10 Å². The topological polar surface area (TPSA) is 19.7 Å². The van der Waals surface area contributed by atoms with E-state index in [1.54, 1.807) is 0 Å². The maximum atomic E-state index is 3.31. The molecule has 12 heavy (non-hydrogen) atoms. The van der Waals surface area contributed by atoms with Crippen molar-refractivity contribution in [1.82, 2.24) is 5.10 Å². The first-order chi connectivity index (χ1) is 5.77. The molecule has 0 amide bonds. The summed E-state index contributed by atoms with van der Waals surface area (Å²) in [6.07, 6.45) is 2.14. The second kappa shape index (κ2) is 2.63. The van der Waals surface area contributed by atoms with Crippen LogP contribution in [-0.2, 0) is 0 Å². The molecule has 0 aliphatic rings. The Morgan fingerprint density at radius 2 is 2.00 bits per heavy atom. The van der Waals surface area contributed by atoms with E-state index in [0.29, 0.717) is 6.04 Å². The summed E-state index contributed by atoms with van der Waals surface area (Å²) < 4.78 is 2.12. The molecular formula is C10H13N2+. The maximum absolute atomic E-state index is 3.31. The lowest BCUT2D eigenvalue weighted by Gasteiger charge is -1.91. The van der Waals surface area contributed by atoms with E-state index in [2.05, 4.69) is 48.0 Å². The van der Waals surface area contributed by atoms with Gasteiger partial charge in [-0.05, 0) is 26.0 Å². The molecule has 1 aromatic heterocycles. The lowest BCUT2D eigenvalue weighted by atomic mass is 10.3. The van der Waals surface area contributed by atoms with Crippen LogP contribution in [0.25, 0.3) is 10.9 Å². The Hall–Kier alpha value is -1.31. The number of hydrogen-bond acceptors (Lipinski definition) is 0. The Labute approximate surface area is 71.8 Å². The van der Waals surface area contributed by atoms with E-state index >= 15 is 0 Å². The summed E-state index contributed by atoms with van der Waals surface area (Å²) in [5, 5.41) is 4.58. The number of fused-ring (bicyclic) bond motifs is 1. The Kier molecular flexibility index (Phi) is 1.61. The summed E-state index contributed by atoms with van der Waals surface area (Å²) in [5.41, 5.74) is 1.20. The van der Waals surface area contributed by atoms with Crippen molar-refractivity contribution in [3.63, 3.8) is 0 Å². The molecule has 0 atom stereocenters. The number of rotatable bonds is 1. The molecule has 0 bridgehead atoms. The monoisotopic (exact) mass is 161 g/mol. The van der Waals surface area contributed by atoms with Crippen LogP contribution >= 0.6 is 0 Å². The lowest BCUT2D eigenvalue weighted by Crippen LogP contribution is -2.36. The summed E-state index contributed by atoms with van der Waals surface area (Å²) in [4.78, 5) is 0. The Balaban J connectivity index is 2.62. The zero-order valence-electron chi connectivity index (χ0n) is 7.41. The third-order valence-electron chi connectivity index (χ3n) is 2.04. The standard InChI is InChI=1S/C10H12N2/c1-8(2)12-7-9-5-3-4-6-10(9)11-12/h3-8H,1-2H3/p+1. The van der Waals surface area contributed by atoms with Gasteiger partial charge < -0.3 is 0 Å². The first kappa shape index (κ1) is 7.35. The van der Waals surface area contributed by atoms with E-state index in [1.165, 1.54) is 10.9 Å². The van der Waals surface area contributed by atoms with Gasteiger partial charge in [0.1, 0.15) is 5.52 Å². The van der Waals surface area contributed by atoms with Crippen LogP contribution in [0.2, 0.25) is 0 Å². The van der Waals surface area contributed by atoms with Gasteiger partial charge in [0.2, 0.25) is 6.20 Å². The van der Waals surface area contributed by atoms with Gasteiger partial charge in [0.05, 0.1) is 5.39 Å². The highest BCUT2D eigenvalue weighted by Gasteiger charge is 2.09. The lowest BCUT2D eigenvalue weighted by molar-refractivity contribution is -0.765. The molecule has 1 aromatic carbocycles. The summed E-state index contributed by atoms with van der Waals surface area (Å²) in [6, 6.07) is 8.81. The highest BCUT2D eigenvalue weighted by molar-refractivity contribution is 5.76. The predicted molar refractivity (Wildman–Crippen MR) is 48.9 cm³/mol. The van der Waals surface area contributed by atoms with E-state index in [4.69, 9.17) is 0 Å². The van der Waals surface area contributed by atoms with Crippen LogP contribution in [0.1, 0.15) is 19.9 Å². The molecule has 2 aromatic rings. The fourth-order valence-corrected chi connectivity index (χ4v) is 1.31. The Morgan fingerprint density at radius 3 is 2.67 bits per heavy atom. The number of H-pyrrole nitrogens is 1. The van der Waals surface area contributed by atoms with Crippen molar-refractivity contribution in [2.45, 2.75) is 19.9 Å². The first-order valence-corrected chi connectivity index (χ1v) is 4.26. The van der Waals surface area contributed by atoms with Gasteiger partial charge in [0.25, 0.3) is 0 Å². The van der Waals surface area contributed by atoms with Gasteiger partial charge in [-0.1, -0.05) is 12.1 Å². The van der Waals surface area contributed by atoms with E-state index < -0.39 is 0 Å². The van der Waals surface area contributed by atoms with Gasteiger partial charge in [0.15, 0.2) is 6.04 Å². The molecule has 2 nitrogen and oxygen atoms in total. The molecule has 0 fully saturated rings. The molecule has 0 saturated carbocycles. The average molecular weight is 161 g/mol. The van der Waals surface area contributed by atoms with Crippen molar-refractivity contribution in [2.24, 2.45) is 0 Å². The highest BCUT2D eigenvalue weighted by atomic mass is 15.3. The fraction of sp³-hybridized carbons (Fsp3) is 0.300. The predicted octanol–water partition coefficient (Wildman–Crippen LogP) is 2.04. The van der Waals surface area contributed by atoms with Gasteiger partial charge >= 0.3 is 0 Å². The Morgan fingerprint density at radius 1 is 1.25 bits per heavy atom. The van der Waals surface area contributed by atoms with E-state index in [9.17, 15) is 0 Å².